The van der Waals surface area contributed by atoms with Crippen LogP contribution in [0.2, 0.25) is 0 Å². The van der Waals surface area contributed by atoms with Crippen molar-refractivity contribution in [2.24, 2.45) is 0 Å². The molecule has 0 aliphatic carbocycles. The van der Waals surface area contributed by atoms with Gasteiger partial charge in [0.1, 0.15) is 23.4 Å². The number of ether oxygens (including phenoxy) is 3. The lowest BCUT2D eigenvalue weighted by Crippen LogP contribution is -2.18. The van der Waals surface area contributed by atoms with Crippen molar-refractivity contribution in [2.45, 2.75) is 26.9 Å². The second-order valence-corrected chi connectivity index (χ2v) is 8.44. The molecule has 0 aliphatic rings. The van der Waals surface area contributed by atoms with Gasteiger partial charge in [-0.15, -0.1) is 21.5 Å². The lowest BCUT2D eigenvalue weighted by atomic mass is 10.1. The number of carbonyl (C=O) groups excluding carboxylic acids is 1. The van der Waals surface area contributed by atoms with E-state index in [0.29, 0.717) is 46.3 Å². The average molecular weight is 481 g/mol. The van der Waals surface area contributed by atoms with E-state index in [0.717, 1.165) is 11.3 Å². The van der Waals surface area contributed by atoms with Crippen molar-refractivity contribution in [3.8, 4) is 28.7 Å². The van der Waals surface area contributed by atoms with E-state index in [9.17, 15) is 4.79 Å². The zero-order valence-corrected chi connectivity index (χ0v) is 20.0. The number of aromatic nitrogens is 3. The Morgan fingerprint density at radius 1 is 1.09 bits per heavy atom. The number of anilines is 1. The quantitative estimate of drug-likeness (QED) is 0.345. The van der Waals surface area contributed by atoms with Gasteiger partial charge in [0.05, 0.1) is 12.3 Å². The molecule has 34 heavy (non-hydrogen) atoms. The van der Waals surface area contributed by atoms with Crippen LogP contribution in [0.25, 0.3) is 11.5 Å². The lowest BCUT2D eigenvalue weighted by molar-refractivity contribution is 0.0916. The monoisotopic (exact) mass is 480 g/mol. The van der Waals surface area contributed by atoms with E-state index >= 15 is 0 Å². The molecule has 2 aromatic heterocycles. The molecule has 0 fully saturated rings. The van der Waals surface area contributed by atoms with Gasteiger partial charge in [-0.3, -0.25) is 10.1 Å². The van der Waals surface area contributed by atoms with Crippen molar-refractivity contribution in [2.75, 3.05) is 19.0 Å². The van der Waals surface area contributed by atoms with Crippen molar-refractivity contribution in [1.82, 2.24) is 15.2 Å². The SMILES string of the molecule is COCC(C)Oc1cc(Oc2ccc(-c3nnc(C)o3)cc2)cc(C(=O)Nc2nc(C)cs2)c1. The first-order valence-electron chi connectivity index (χ1n) is 10.5. The fraction of sp³-hybridized carbons (Fsp3) is 0.250. The summed E-state index contributed by atoms with van der Waals surface area (Å²) in [4.78, 5) is 17.2. The molecule has 9 nitrogen and oxygen atoms in total. The highest BCUT2D eigenvalue weighted by atomic mass is 32.1. The number of benzene rings is 2. The first-order chi connectivity index (χ1) is 16.4. The number of hydrogen-bond donors (Lipinski definition) is 1. The standard InChI is InChI=1S/C24H24N4O5S/c1-14-13-34-24(25-14)26-22(29)18-9-20(31-15(2)12-30-4)11-21(10-18)33-19-7-5-17(6-8-19)23-28-27-16(3)32-23/h5-11,13,15H,12H2,1-4H3,(H,25,26,29). The van der Waals surface area contributed by atoms with Crippen LogP contribution in [-0.4, -0.2) is 40.9 Å². The van der Waals surface area contributed by atoms with Crippen molar-refractivity contribution < 1.29 is 23.4 Å². The van der Waals surface area contributed by atoms with E-state index in [2.05, 4.69) is 20.5 Å². The van der Waals surface area contributed by atoms with Gasteiger partial charge >= 0.3 is 0 Å². The van der Waals surface area contributed by atoms with Gasteiger partial charge in [-0.1, -0.05) is 0 Å². The summed E-state index contributed by atoms with van der Waals surface area (Å²) in [5.41, 5.74) is 1.99. The van der Waals surface area contributed by atoms with E-state index in [4.69, 9.17) is 18.6 Å². The fourth-order valence-corrected chi connectivity index (χ4v) is 3.81. The van der Waals surface area contributed by atoms with Crippen LogP contribution in [0.3, 0.4) is 0 Å². The normalized spacial score (nSPS) is 11.8. The van der Waals surface area contributed by atoms with Crippen molar-refractivity contribution in [3.05, 3.63) is 65.0 Å². The van der Waals surface area contributed by atoms with Gasteiger partial charge < -0.3 is 18.6 Å². The predicted octanol–water partition coefficient (Wildman–Crippen LogP) is 5.27. The van der Waals surface area contributed by atoms with Crippen LogP contribution in [0, 0.1) is 13.8 Å². The molecule has 0 bridgehead atoms. The molecule has 0 spiro atoms. The Bertz CT molecular complexity index is 1270. The van der Waals surface area contributed by atoms with Crippen LogP contribution in [0.4, 0.5) is 5.13 Å². The Balaban J connectivity index is 1.57. The molecule has 0 saturated heterocycles. The molecule has 4 aromatic rings. The third-order valence-electron chi connectivity index (χ3n) is 4.58. The molecule has 1 N–H and O–H groups in total. The summed E-state index contributed by atoms with van der Waals surface area (Å²) < 4.78 is 22.6. The summed E-state index contributed by atoms with van der Waals surface area (Å²) in [5, 5.41) is 13.1. The number of rotatable bonds is 9. The smallest absolute Gasteiger partial charge is 0.257 e. The van der Waals surface area contributed by atoms with Gasteiger partial charge in [0, 0.05) is 36.6 Å². The number of thiazole rings is 1. The highest BCUT2D eigenvalue weighted by Gasteiger charge is 2.15. The first kappa shape index (κ1) is 23.4. The van der Waals surface area contributed by atoms with E-state index in [1.165, 1.54) is 11.3 Å². The minimum atomic E-state index is -0.314. The maximum atomic E-state index is 12.9. The molecule has 2 aromatic carbocycles. The summed E-state index contributed by atoms with van der Waals surface area (Å²) in [6.07, 6.45) is -0.213. The molecule has 1 atom stereocenters. The summed E-state index contributed by atoms with van der Waals surface area (Å²) >= 11 is 1.36. The highest BCUT2D eigenvalue weighted by molar-refractivity contribution is 7.13. The second-order valence-electron chi connectivity index (χ2n) is 7.58. The van der Waals surface area contributed by atoms with Crippen LogP contribution < -0.4 is 14.8 Å². The number of amides is 1. The van der Waals surface area contributed by atoms with Gasteiger partial charge in [-0.25, -0.2) is 4.98 Å². The summed E-state index contributed by atoms with van der Waals surface area (Å²) in [5.74, 6) is 2.12. The van der Waals surface area contributed by atoms with Gasteiger partial charge in [-0.05, 0) is 50.2 Å². The molecule has 0 saturated carbocycles. The Hall–Kier alpha value is -3.76. The summed E-state index contributed by atoms with van der Waals surface area (Å²) in [7, 11) is 1.60. The molecule has 10 heteroatoms. The van der Waals surface area contributed by atoms with Crippen LogP contribution >= 0.6 is 11.3 Å². The second kappa shape index (κ2) is 10.4. The van der Waals surface area contributed by atoms with Crippen LogP contribution in [0.5, 0.6) is 17.2 Å². The molecular weight excluding hydrogens is 456 g/mol. The Kier molecular flexibility index (Phi) is 7.19. The third-order valence-corrected chi connectivity index (χ3v) is 5.46. The summed E-state index contributed by atoms with van der Waals surface area (Å²) in [6, 6.07) is 12.3. The number of nitrogens with one attached hydrogen (secondary N) is 1. The molecule has 1 amide bonds. The zero-order valence-electron chi connectivity index (χ0n) is 19.2. The minimum Gasteiger partial charge on any atom is -0.488 e. The Labute approximate surface area is 200 Å². The van der Waals surface area contributed by atoms with Gasteiger partial charge in [0.2, 0.25) is 11.8 Å². The first-order valence-corrected chi connectivity index (χ1v) is 11.4. The predicted molar refractivity (Wildman–Crippen MR) is 128 cm³/mol. The molecule has 4 rings (SSSR count). The fourth-order valence-electron chi connectivity index (χ4n) is 3.13. The maximum absolute atomic E-state index is 12.9. The number of carbonyl (C=O) groups is 1. The molecular formula is C24H24N4O5S. The third kappa shape index (κ3) is 5.97. The van der Waals surface area contributed by atoms with Crippen LogP contribution in [0.1, 0.15) is 28.9 Å². The van der Waals surface area contributed by atoms with E-state index in [-0.39, 0.29) is 12.0 Å². The molecule has 0 aliphatic heterocycles. The van der Waals surface area contributed by atoms with Crippen molar-refractivity contribution >= 4 is 22.4 Å². The summed E-state index contributed by atoms with van der Waals surface area (Å²) in [6.45, 7) is 5.89. The van der Waals surface area contributed by atoms with Crippen molar-refractivity contribution in [1.29, 1.82) is 0 Å². The Morgan fingerprint density at radius 2 is 1.85 bits per heavy atom. The van der Waals surface area contributed by atoms with Crippen LogP contribution in [0.15, 0.2) is 52.3 Å². The average Bonchev–Trinajstić information content (AvgIpc) is 3.42. The number of hydrogen-bond acceptors (Lipinski definition) is 9. The molecule has 2 heterocycles. The highest BCUT2D eigenvalue weighted by Crippen LogP contribution is 2.30. The van der Waals surface area contributed by atoms with Gasteiger partial charge in [-0.2, -0.15) is 0 Å². The van der Waals surface area contributed by atoms with Gasteiger partial charge in [0.15, 0.2) is 5.13 Å². The Morgan fingerprint density at radius 3 is 2.50 bits per heavy atom. The topological polar surface area (TPSA) is 109 Å². The molecule has 1 unspecified atom stereocenters. The van der Waals surface area contributed by atoms with Gasteiger partial charge in [0.25, 0.3) is 5.91 Å². The van der Waals surface area contributed by atoms with E-state index in [1.54, 1.807) is 44.4 Å². The number of aryl methyl sites for hydroxylation is 2. The lowest BCUT2D eigenvalue weighted by Gasteiger charge is -2.16. The van der Waals surface area contributed by atoms with Crippen LogP contribution in [-0.2, 0) is 4.74 Å². The van der Waals surface area contributed by atoms with E-state index < -0.39 is 0 Å². The minimum absolute atomic E-state index is 0.213. The number of methoxy groups -OCH3 is 1. The zero-order chi connectivity index (χ0) is 24.1. The van der Waals surface area contributed by atoms with Crippen molar-refractivity contribution in [3.63, 3.8) is 0 Å². The molecule has 176 valence electrons. The largest absolute Gasteiger partial charge is 0.488 e. The van der Waals surface area contributed by atoms with E-state index in [1.807, 2.05) is 31.4 Å². The number of nitrogens with zero attached hydrogens (tertiary/aromatic N) is 3. The molecule has 0 radical (unpaired) electrons. The maximum Gasteiger partial charge on any atom is 0.257 e.